The van der Waals surface area contributed by atoms with Crippen LogP contribution in [0, 0.1) is 11.3 Å². The number of amides is 2. The Morgan fingerprint density at radius 3 is 2.59 bits per heavy atom. The second-order valence-electron chi connectivity index (χ2n) is 6.28. The molecule has 1 atom stereocenters. The lowest BCUT2D eigenvalue weighted by atomic mass is 9.87. The Hall–Kier alpha value is -2.95. The first-order chi connectivity index (χ1) is 14.0. The van der Waals surface area contributed by atoms with Crippen molar-refractivity contribution in [3.8, 4) is 11.8 Å². The average Bonchev–Trinajstić information content (AvgIpc) is 2.73. The van der Waals surface area contributed by atoms with E-state index in [1.807, 2.05) is 12.1 Å². The van der Waals surface area contributed by atoms with Gasteiger partial charge < -0.3 is 15.4 Å². The average molecular weight is 428 g/mol. The van der Waals surface area contributed by atoms with Crippen LogP contribution in [0.25, 0.3) is 0 Å². The maximum atomic E-state index is 12.2. The predicted molar refractivity (Wildman–Crippen MR) is 114 cm³/mol. The molecule has 0 radical (unpaired) electrons. The number of benzene rings is 2. The van der Waals surface area contributed by atoms with Gasteiger partial charge in [0.1, 0.15) is 5.75 Å². The molecule has 0 aliphatic carbocycles. The summed E-state index contributed by atoms with van der Waals surface area (Å²) in [5.74, 6) is -0.0431. The molecule has 0 saturated carbocycles. The van der Waals surface area contributed by atoms with E-state index in [1.54, 1.807) is 43.5 Å². The summed E-state index contributed by atoms with van der Waals surface area (Å²) in [6.07, 6.45) is 0.177. The van der Waals surface area contributed by atoms with Crippen LogP contribution in [0.1, 0.15) is 17.9 Å². The van der Waals surface area contributed by atoms with E-state index in [-0.39, 0.29) is 29.9 Å². The Morgan fingerprint density at radius 2 is 1.97 bits per heavy atom. The van der Waals surface area contributed by atoms with Crippen molar-refractivity contribution in [1.29, 1.82) is 5.26 Å². The normalized spacial score (nSPS) is 16.0. The van der Waals surface area contributed by atoms with E-state index in [0.29, 0.717) is 27.1 Å². The summed E-state index contributed by atoms with van der Waals surface area (Å²) in [5.41, 5.74) is 1.92. The standard InChI is InChI=1S/C21H18ClN3O3S/c1-28-16-8-2-13(3-9-16)17-10-19(26)25-21(18(17)11-23)29-12-20(27)24-15-6-4-14(22)5-7-15/h2-9,17H,10,12H2,1H3,(H,24,27)(H,25,26). The van der Waals surface area contributed by atoms with Gasteiger partial charge in [0, 0.05) is 23.0 Å². The molecule has 0 saturated heterocycles. The molecule has 8 heteroatoms. The Morgan fingerprint density at radius 1 is 1.28 bits per heavy atom. The first-order valence-corrected chi connectivity index (χ1v) is 10.1. The highest BCUT2D eigenvalue weighted by molar-refractivity contribution is 8.03. The first kappa shape index (κ1) is 20.8. The fraction of sp³-hybridized carbons (Fsp3) is 0.190. The highest BCUT2D eigenvalue weighted by Crippen LogP contribution is 2.36. The summed E-state index contributed by atoms with van der Waals surface area (Å²) in [5, 5.41) is 16.2. The van der Waals surface area contributed by atoms with Gasteiger partial charge in [0.25, 0.3) is 0 Å². The minimum Gasteiger partial charge on any atom is -0.497 e. The number of ether oxygens (including phenoxy) is 1. The Labute approximate surface area is 177 Å². The van der Waals surface area contributed by atoms with Crippen molar-refractivity contribution in [2.45, 2.75) is 12.3 Å². The molecule has 1 aliphatic rings. The van der Waals surface area contributed by atoms with Crippen molar-refractivity contribution in [3.05, 3.63) is 69.7 Å². The quantitative estimate of drug-likeness (QED) is 0.725. The number of methoxy groups -OCH3 is 1. The summed E-state index contributed by atoms with van der Waals surface area (Å²) in [4.78, 5) is 24.4. The monoisotopic (exact) mass is 427 g/mol. The van der Waals surface area contributed by atoms with Gasteiger partial charge in [0.15, 0.2) is 0 Å². The second-order valence-corrected chi connectivity index (χ2v) is 7.70. The highest BCUT2D eigenvalue weighted by Gasteiger charge is 2.29. The van der Waals surface area contributed by atoms with Crippen molar-refractivity contribution in [1.82, 2.24) is 5.32 Å². The fourth-order valence-corrected chi connectivity index (χ4v) is 3.92. The van der Waals surface area contributed by atoms with Crippen LogP contribution in [-0.2, 0) is 9.59 Å². The predicted octanol–water partition coefficient (Wildman–Crippen LogP) is 4.06. The van der Waals surface area contributed by atoms with Gasteiger partial charge >= 0.3 is 0 Å². The van der Waals surface area contributed by atoms with Crippen LogP contribution in [0.3, 0.4) is 0 Å². The Bertz CT molecular complexity index is 982. The summed E-state index contributed by atoms with van der Waals surface area (Å²) >= 11 is 6.97. The number of rotatable bonds is 6. The number of hydrogen-bond donors (Lipinski definition) is 2. The summed E-state index contributed by atoms with van der Waals surface area (Å²) in [7, 11) is 1.58. The number of anilines is 1. The third-order valence-electron chi connectivity index (χ3n) is 4.35. The van der Waals surface area contributed by atoms with E-state index in [4.69, 9.17) is 16.3 Å². The number of halogens is 1. The second kappa shape index (κ2) is 9.50. The van der Waals surface area contributed by atoms with E-state index in [9.17, 15) is 14.9 Å². The summed E-state index contributed by atoms with van der Waals surface area (Å²) < 4.78 is 5.16. The number of nitrogens with one attached hydrogen (secondary N) is 2. The van der Waals surface area contributed by atoms with E-state index in [2.05, 4.69) is 16.7 Å². The molecule has 148 valence electrons. The van der Waals surface area contributed by atoms with Gasteiger partial charge in [0.05, 0.1) is 29.5 Å². The van der Waals surface area contributed by atoms with Gasteiger partial charge in [-0.15, -0.1) is 0 Å². The van der Waals surface area contributed by atoms with Gasteiger partial charge in [-0.05, 0) is 42.0 Å². The van der Waals surface area contributed by atoms with E-state index < -0.39 is 0 Å². The SMILES string of the molecule is COc1ccc(C2CC(=O)NC(SCC(=O)Nc3ccc(Cl)cc3)=C2C#N)cc1. The van der Waals surface area contributed by atoms with Crippen molar-refractivity contribution in [2.75, 3.05) is 18.2 Å². The van der Waals surface area contributed by atoms with Gasteiger partial charge in [-0.25, -0.2) is 0 Å². The van der Waals surface area contributed by atoms with Crippen LogP contribution >= 0.6 is 23.4 Å². The fourth-order valence-electron chi connectivity index (χ4n) is 2.92. The van der Waals surface area contributed by atoms with E-state index in [1.165, 1.54) is 0 Å². The lowest BCUT2D eigenvalue weighted by Gasteiger charge is -2.25. The Balaban J connectivity index is 1.73. The van der Waals surface area contributed by atoms with Crippen LogP contribution < -0.4 is 15.4 Å². The molecule has 0 bridgehead atoms. The maximum Gasteiger partial charge on any atom is 0.234 e. The van der Waals surface area contributed by atoms with E-state index in [0.717, 1.165) is 17.3 Å². The van der Waals surface area contributed by atoms with Gasteiger partial charge in [-0.2, -0.15) is 5.26 Å². The lowest BCUT2D eigenvalue weighted by Crippen LogP contribution is -2.31. The maximum absolute atomic E-state index is 12.2. The zero-order valence-corrected chi connectivity index (χ0v) is 17.1. The van der Waals surface area contributed by atoms with Crippen LogP contribution in [0.5, 0.6) is 5.75 Å². The molecule has 2 amide bonds. The molecule has 3 rings (SSSR count). The molecule has 6 nitrogen and oxygen atoms in total. The number of nitriles is 1. The van der Waals surface area contributed by atoms with Crippen molar-refractivity contribution in [3.63, 3.8) is 0 Å². The van der Waals surface area contributed by atoms with Crippen LogP contribution in [0.4, 0.5) is 5.69 Å². The third-order valence-corrected chi connectivity index (χ3v) is 5.62. The molecular formula is C21H18ClN3O3S. The van der Waals surface area contributed by atoms with E-state index >= 15 is 0 Å². The van der Waals surface area contributed by atoms with Gasteiger partial charge in [-0.3, -0.25) is 9.59 Å². The number of hydrogen-bond acceptors (Lipinski definition) is 5. The molecular weight excluding hydrogens is 410 g/mol. The number of nitrogens with zero attached hydrogens (tertiary/aromatic N) is 1. The number of carbonyl (C=O) groups excluding carboxylic acids is 2. The number of thioether (sulfide) groups is 1. The van der Waals surface area contributed by atoms with Crippen molar-refractivity contribution >= 4 is 40.9 Å². The van der Waals surface area contributed by atoms with Crippen LogP contribution in [0.15, 0.2) is 59.1 Å². The molecule has 0 fully saturated rings. The lowest BCUT2D eigenvalue weighted by molar-refractivity contribution is -0.121. The summed E-state index contributed by atoms with van der Waals surface area (Å²) in [6.45, 7) is 0. The number of carbonyl (C=O) groups is 2. The molecule has 1 heterocycles. The highest BCUT2D eigenvalue weighted by atomic mass is 35.5. The van der Waals surface area contributed by atoms with Crippen molar-refractivity contribution in [2.24, 2.45) is 0 Å². The molecule has 2 aromatic rings. The molecule has 29 heavy (non-hydrogen) atoms. The Kier molecular flexibility index (Phi) is 6.81. The molecule has 2 N–H and O–H groups in total. The van der Waals surface area contributed by atoms with Gasteiger partial charge in [0.2, 0.25) is 11.8 Å². The minimum atomic E-state index is -0.360. The zero-order chi connectivity index (χ0) is 20.8. The molecule has 2 aromatic carbocycles. The largest absolute Gasteiger partial charge is 0.497 e. The molecule has 1 aliphatic heterocycles. The minimum absolute atomic E-state index is 0.0543. The van der Waals surface area contributed by atoms with Gasteiger partial charge in [-0.1, -0.05) is 35.5 Å². The molecule has 0 aromatic heterocycles. The summed E-state index contributed by atoms with van der Waals surface area (Å²) in [6, 6.07) is 16.2. The van der Waals surface area contributed by atoms with Crippen LogP contribution in [0.2, 0.25) is 5.02 Å². The molecule has 1 unspecified atom stereocenters. The van der Waals surface area contributed by atoms with Crippen molar-refractivity contribution < 1.29 is 14.3 Å². The topological polar surface area (TPSA) is 91.2 Å². The van der Waals surface area contributed by atoms with Crippen LogP contribution in [-0.4, -0.2) is 24.7 Å². The number of allylic oxidation sites excluding steroid dienone is 1. The zero-order valence-electron chi connectivity index (χ0n) is 15.6. The first-order valence-electron chi connectivity index (χ1n) is 8.76. The molecule has 0 spiro atoms. The third kappa shape index (κ3) is 5.31. The smallest absolute Gasteiger partial charge is 0.234 e.